The van der Waals surface area contributed by atoms with Crippen molar-refractivity contribution in [3.8, 4) is 28.5 Å². The van der Waals surface area contributed by atoms with E-state index in [0.29, 0.717) is 29.3 Å². The molecule has 2 aliphatic rings. The number of benzene rings is 1. The van der Waals surface area contributed by atoms with Crippen molar-refractivity contribution in [2.75, 3.05) is 46.7 Å². The van der Waals surface area contributed by atoms with Gasteiger partial charge in [0.15, 0.2) is 5.78 Å². The largest absolute Gasteiger partial charge is 0.496 e. The highest BCUT2D eigenvalue weighted by atomic mass is 32.2. The molecular weight excluding hydrogens is 582 g/mol. The third-order valence-electron chi connectivity index (χ3n) is 8.21. The number of alkyl halides is 2. The molecule has 0 unspecified atom stereocenters. The summed E-state index contributed by atoms with van der Waals surface area (Å²) in [4.78, 5) is 19.7. The standard InChI is InChI=1S/C30H38F2N4O6S/c1-34(43(3,38)39)22-7-11-35(12-8-22)10-4-14-41-23-9-13-36-24(19-33-28(36)18-23)21-16-26(40-2)29(25(37)15-20-5-6-20)27(17-21)42-30(31)32/h9,13,16-20,22,30H,4-8,10-12,14-15H2,1-3H3. The quantitative estimate of drug-likeness (QED) is 0.189. The van der Waals surface area contributed by atoms with Gasteiger partial charge < -0.3 is 19.1 Å². The van der Waals surface area contributed by atoms with Gasteiger partial charge in [-0.2, -0.15) is 8.78 Å². The second kappa shape index (κ2) is 13.1. The maximum absolute atomic E-state index is 13.3. The predicted molar refractivity (Wildman–Crippen MR) is 158 cm³/mol. The first-order valence-electron chi connectivity index (χ1n) is 14.5. The Morgan fingerprint density at radius 2 is 1.86 bits per heavy atom. The minimum atomic E-state index is -3.18. The molecule has 0 amide bonds. The van der Waals surface area contributed by atoms with Crippen LogP contribution in [0.4, 0.5) is 8.78 Å². The van der Waals surface area contributed by atoms with Gasteiger partial charge in [-0.25, -0.2) is 17.7 Å². The molecule has 2 aromatic heterocycles. The van der Waals surface area contributed by atoms with E-state index in [2.05, 4.69) is 9.88 Å². The molecule has 5 rings (SSSR count). The van der Waals surface area contributed by atoms with E-state index in [1.54, 1.807) is 36.0 Å². The van der Waals surface area contributed by atoms with Crippen molar-refractivity contribution in [3.63, 3.8) is 0 Å². The van der Waals surface area contributed by atoms with Crippen molar-refractivity contribution in [3.05, 3.63) is 42.2 Å². The van der Waals surface area contributed by atoms with Crippen molar-refractivity contribution in [1.82, 2.24) is 18.6 Å². The van der Waals surface area contributed by atoms with E-state index in [1.807, 2.05) is 6.07 Å². The van der Waals surface area contributed by atoms with Gasteiger partial charge >= 0.3 is 6.61 Å². The topological polar surface area (TPSA) is 103 Å². The molecule has 13 heteroatoms. The van der Waals surface area contributed by atoms with Crippen molar-refractivity contribution in [2.45, 2.75) is 51.2 Å². The Labute approximate surface area is 250 Å². The summed E-state index contributed by atoms with van der Waals surface area (Å²) in [6, 6.07) is 6.74. The monoisotopic (exact) mass is 620 g/mol. The minimum absolute atomic E-state index is 0.0357. The normalized spacial score (nSPS) is 16.7. The zero-order chi connectivity index (χ0) is 30.7. The number of pyridine rings is 1. The first-order valence-corrected chi connectivity index (χ1v) is 16.3. The van der Waals surface area contributed by atoms with Crippen LogP contribution in [0.1, 0.15) is 48.9 Å². The maximum Gasteiger partial charge on any atom is 0.387 e. The molecule has 0 bridgehead atoms. The Balaban J connectivity index is 1.22. The first kappa shape index (κ1) is 31.1. The van der Waals surface area contributed by atoms with Crippen LogP contribution in [0.25, 0.3) is 16.9 Å². The minimum Gasteiger partial charge on any atom is -0.496 e. The maximum atomic E-state index is 13.3. The summed E-state index contributed by atoms with van der Waals surface area (Å²) in [5.74, 6) is 0.626. The number of sulfonamides is 1. The van der Waals surface area contributed by atoms with Crippen LogP contribution < -0.4 is 14.2 Å². The first-order chi connectivity index (χ1) is 20.5. The van der Waals surface area contributed by atoms with Gasteiger partial charge in [-0.05, 0) is 69.3 Å². The van der Waals surface area contributed by atoms with Crippen LogP contribution in [0.2, 0.25) is 0 Å². The highest BCUT2D eigenvalue weighted by molar-refractivity contribution is 7.88. The molecule has 2 fully saturated rings. The third kappa shape index (κ3) is 7.63. The van der Waals surface area contributed by atoms with Gasteiger partial charge in [0.2, 0.25) is 10.0 Å². The number of carbonyl (C=O) groups is 1. The van der Waals surface area contributed by atoms with E-state index in [1.165, 1.54) is 23.7 Å². The molecular formula is C30H38F2N4O6S. The molecule has 0 atom stereocenters. The Kier molecular flexibility index (Phi) is 9.52. The molecule has 3 heterocycles. The molecule has 1 aromatic carbocycles. The molecule has 234 valence electrons. The summed E-state index contributed by atoms with van der Waals surface area (Å²) in [5, 5.41) is 0. The number of rotatable bonds is 14. The average molecular weight is 621 g/mol. The number of Topliss-reactive ketones (excluding diaryl/α,β-unsaturated/α-hetero) is 1. The highest BCUT2D eigenvalue weighted by Gasteiger charge is 2.30. The summed E-state index contributed by atoms with van der Waals surface area (Å²) < 4.78 is 69.8. The smallest absolute Gasteiger partial charge is 0.387 e. The second-order valence-electron chi connectivity index (χ2n) is 11.3. The number of hydrogen-bond donors (Lipinski definition) is 0. The number of piperidine rings is 1. The van der Waals surface area contributed by atoms with E-state index in [4.69, 9.17) is 14.2 Å². The van der Waals surface area contributed by atoms with Crippen LogP contribution in [0.15, 0.2) is 36.7 Å². The van der Waals surface area contributed by atoms with Crippen molar-refractivity contribution in [1.29, 1.82) is 0 Å². The number of imidazole rings is 1. The lowest BCUT2D eigenvalue weighted by atomic mass is 10.00. The number of ether oxygens (including phenoxy) is 3. The van der Waals surface area contributed by atoms with Gasteiger partial charge in [0, 0.05) is 43.9 Å². The lowest BCUT2D eigenvalue weighted by Crippen LogP contribution is -2.45. The van der Waals surface area contributed by atoms with Gasteiger partial charge in [-0.1, -0.05) is 0 Å². The number of carbonyl (C=O) groups excluding carboxylic acids is 1. The highest BCUT2D eigenvalue weighted by Crippen LogP contribution is 2.40. The summed E-state index contributed by atoms with van der Waals surface area (Å²) in [6.07, 6.45) is 9.28. The Bertz CT molecular complexity index is 1550. The predicted octanol–water partition coefficient (Wildman–Crippen LogP) is 4.72. The van der Waals surface area contributed by atoms with Gasteiger partial charge in [0.05, 0.1) is 31.9 Å². The summed E-state index contributed by atoms with van der Waals surface area (Å²) in [5.41, 5.74) is 1.77. The van der Waals surface area contributed by atoms with E-state index in [9.17, 15) is 22.0 Å². The molecule has 1 aliphatic carbocycles. The lowest BCUT2D eigenvalue weighted by molar-refractivity contribution is -0.0502. The van der Waals surface area contributed by atoms with Crippen LogP contribution >= 0.6 is 0 Å². The van der Waals surface area contributed by atoms with Crippen molar-refractivity contribution in [2.24, 2.45) is 5.92 Å². The van der Waals surface area contributed by atoms with Crippen molar-refractivity contribution < 1.29 is 36.2 Å². The fraction of sp³-hybridized carbons (Fsp3) is 0.533. The summed E-state index contributed by atoms with van der Waals surface area (Å²) in [6.45, 7) is -0.0396. The fourth-order valence-electron chi connectivity index (χ4n) is 5.57. The van der Waals surface area contributed by atoms with Crippen LogP contribution in [0.5, 0.6) is 17.2 Å². The molecule has 1 aliphatic heterocycles. The van der Waals surface area contributed by atoms with E-state index >= 15 is 0 Å². The molecule has 0 radical (unpaired) electrons. The van der Waals surface area contributed by atoms with E-state index in [0.717, 1.165) is 51.7 Å². The number of halogens is 2. The Morgan fingerprint density at radius 1 is 1.14 bits per heavy atom. The van der Waals surface area contributed by atoms with Crippen LogP contribution in [0.3, 0.4) is 0 Å². The number of likely N-dealkylation sites (tertiary alicyclic amines) is 1. The average Bonchev–Trinajstić information content (AvgIpc) is 3.68. The molecule has 0 N–H and O–H groups in total. The molecule has 1 saturated heterocycles. The SMILES string of the molecule is COc1cc(-c2cnc3cc(OCCCN4CCC(N(C)S(C)(=O)=O)CC4)ccn23)cc(OC(F)F)c1C(=O)CC1CC1. The number of fused-ring (bicyclic) bond motifs is 1. The van der Waals surface area contributed by atoms with E-state index < -0.39 is 16.6 Å². The molecule has 10 nitrogen and oxygen atoms in total. The Hall–Kier alpha value is -3.29. The van der Waals surface area contributed by atoms with Gasteiger partial charge in [-0.15, -0.1) is 0 Å². The summed E-state index contributed by atoms with van der Waals surface area (Å²) in [7, 11) is -0.135. The van der Waals surface area contributed by atoms with Crippen LogP contribution in [-0.2, 0) is 10.0 Å². The van der Waals surface area contributed by atoms with Gasteiger partial charge in [-0.3, -0.25) is 9.20 Å². The number of ketones is 1. The summed E-state index contributed by atoms with van der Waals surface area (Å²) >= 11 is 0. The second-order valence-corrected chi connectivity index (χ2v) is 13.3. The van der Waals surface area contributed by atoms with Crippen LogP contribution in [0, 0.1) is 5.92 Å². The van der Waals surface area contributed by atoms with Gasteiger partial charge in [0.25, 0.3) is 0 Å². The number of nitrogens with zero attached hydrogens (tertiary/aromatic N) is 4. The third-order valence-corrected chi connectivity index (χ3v) is 9.56. The molecule has 43 heavy (non-hydrogen) atoms. The number of methoxy groups -OCH3 is 1. The number of aromatic nitrogens is 2. The zero-order valence-corrected chi connectivity index (χ0v) is 25.5. The molecule has 3 aromatic rings. The van der Waals surface area contributed by atoms with Gasteiger partial charge in [0.1, 0.15) is 28.5 Å². The molecule has 1 saturated carbocycles. The number of hydrogen-bond acceptors (Lipinski definition) is 8. The van der Waals surface area contributed by atoms with Crippen LogP contribution in [-0.4, -0.2) is 92.1 Å². The molecule has 0 spiro atoms. The zero-order valence-electron chi connectivity index (χ0n) is 24.7. The fourth-order valence-corrected chi connectivity index (χ4v) is 6.32. The van der Waals surface area contributed by atoms with Crippen molar-refractivity contribution >= 4 is 21.5 Å². The van der Waals surface area contributed by atoms with E-state index in [-0.39, 0.29) is 41.2 Å². The lowest BCUT2D eigenvalue weighted by Gasteiger charge is -2.35. The Morgan fingerprint density at radius 3 is 2.51 bits per heavy atom.